The van der Waals surface area contributed by atoms with Crippen LogP contribution in [0, 0.1) is 5.92 Å². The molecule has 2 aliphatic heterocycles. The molecule has 0 bridgehead atoms. The minimum Gasteiger partial charge on any atom is -0.307 e. The third kappa shape index (κ3) is 3.10. The Hall–Kier alpha value is -2.92. The Labute approximate surface area is 181 Å². The molecule has 2 aromatic heterocycles. The Bertz CT molecular complexity index is 1260. The molecule has 158 valence electrons. The standard InChI is InChI=1S/C20H12F3N3O3S2/c21-20(22,23)10-5-1-2-6-11(10)26-17(27)13-12(9-4-3-7-24-8-9)14-16(25-19(29)31-14)30-15(13)18(26)28/h1-8,12-13,15H,(H,25,29)/t12-,13-,15+/m0/s1. The van der Waals surface area contributed by atoms with Gasteiger partial charge in [0.2, 0.25) is 11.8 Å². The van der Waals surface area contributed by atoms with Crippen molar-refractivity contribution in [3.8, 4) is 0 Å². The Morgan fingerprint density at radius 3 is 2.52 bits per heavy atom. The summed E-state index contributed by atoms with van der Waals surface area (Å²) in [7, 11) is 0. The van der Waals surface area contributed by atoms with Gasteiger partial charge in [-0.3, -0.25) is 19.4 Å². The zero-order chi connectivity index (χ0) is 21.9. The number of nitrogens with one attached hydrogen (secondary N) is 1. The first-order valence-corrected chi connectivity index (χ1v) is 10.8. The van der Waals surface area contributed by atoms with Gasteiger partial charge in [0, 0.05) is 23.2 Å². The number of anilines is 1. The molecule has 1 aromatic carbocycles. The highest BCUT2D eigenvalue weighted by Gasteiger charge is 2.57. The van der Waals surface area contributed by atoms with Crippen LogP contribution in [0.5, 0.6) is 0 Å². The molecule has 4 heterocycles. The summed E-state index contributed by atoms with van der Waals surface area (Å²) in [5.41, 5.74) is -0.926. The molecule has 0 aliphatic carbocycles. The van der Waals surface area contributed by atoms with E-state index in [4.69, 9.17) is 0 Å². The number of carbonyl (C=O) groups is 2. The van der Waals surface area contributed by atoms with Crippen molar-refractivity contribution in [2.45, 2.75) is 22.4 Å². The predicted molar refractivity (Wildman–Crippen MR) is 108 cm³/mol. The van der Waals surface area contributed by atoms with Crippen LogP contribution in [0.4, 0.5) is 18.9 Å². The van der Waals surface area contributed by atoms with Crippen molar-refractivity contribution in [2.75, 3.05) is 4.90 Å². The molecule has 3 aromatic rings. The Kier molecular flexibility index (Phi) is 4.56. The Balaban J connectivity index is 1.67. The number of hydrogen-bond acceptors (Lipinski definition) is 6. The van der Waals surface area contributed by atoms with Crippen molar-refractivity contribution >= 4 is 40.6 Å². The van der Waals surface area contributed by atoms with Gasteiger partial charge in [0.15, 0.2) is 0 Å². The zero-order valence-electron chi connectivity index (χ0n) is 15.4. The van der Waals surface area contributed by atoms with Gasteiger partial charge in [-0.2, -0.15) is 13.2 Å². The molecule has 1 N–H and O–H groups in total. The number of fused-ring (bicyclic) bond motifs is 2. The fourth-order valence-electron chi connectivity index (χ4n) is 4.08. The molecule has 1 saturated heterocycles. The van der Waals surface area contributed by atoms with Crippen molar-refractivity contribution in [1.29, 1.82) is 0 Å². The number of pyridine rings is 1. The van der Waals surface area contributed by atoms with Crippen molar-refractivity contribution < 1.29 is 22.8 Å². The fourth-order valence-corrected chi connectivity index (χ4v) is 6.60. The molecule has 1 fully saturated rings. The first-order valence-electron chi connectivity index (χ1n) is 9.11. The monoisotopic (exact) mass is 463 g/mol. The summed E-state index contributed by atoms with van der Waals surface area (Å²) in [6.45, 7) is 0. The summed E-state index contributed by atoms with van der Waals surface area (Å²) in [6, 6.07) is 7.92. The number of halogens is 3. The summed E-state index contributed by atoms with van der Waals surface area (Å²) < 4.78 is 40.7. The average molecular weight is 463 g/mol. The molecule has 0 radical (unpaired) electrons. The molecule has 11 heteroatoms. The molecule has 5 rings (SSSR count). The number of hydrogen-bond donors (Lipinski definition) is 1. The van der Waals surface area contributed by atoms with Crippen molar-refractivity contribution in [3.63, 3.8) is 0 Å². The van der Waals surface area contributed by atoms with E-state index in [0.29, 0.717) is 20.4 Å². The van der Waals surface area contributed by atoms with E-state index < -0.39 is 46.3 Å². The number of aromatic amines is 1. The number of para-hydroxylation sites is 1. The lowest BCUT2D eigenvalue weighted by atomic mass is 9.84. The quantitative estimate of drug-likeness (QED) is 0.587. The van der Waals surface area contributed by atoms with Crippen LogP contribution >= 0.6 is 23.1 Å². The molecule has 2 amide bonds. The molecule has 0 unspecified atom stereocenters. The lowest BCUT2D eigenvalue weighted by molar-refractivity contribution is -0.137. The minimum atomic E-state index is -4.73. The number of nitrogens with zero attached hydrogens (tertiary/aromatic N) is 2. The largest absolute Gasteiger partial charge is 0.418 e. The van der Waals surface area contributed by atoms with E-state index in [0.717, 1.165) is 35.2 Å². The number of H-pyrrole nitrogens is 1. The number of alkyl halides is 3. The molecular weight excluding hydrogens is 451 g/mol. The van der Waals surface area contributed by atoms with Crippen LogP contribution in [0.15, 0.2) is 58.6 Å². The normalized spacial score (nSPS) is 23.1. The fraction of sp³-hybridized carbons (Fsp3) is 0.200. The minimum absolute atomic E-state index is 0.328. The first-order chi connectivity index (χ1) is 14.8. The van der Waals surface area contributed by atoms with E-state index in [-0.39, 0.29) is 4.87 Å². The van der Waals surface area contributed by atoms with Crippen molar-refractivity contribution in [3.05, 3.63) is 74.5 Å². The highest BCUT2D eigenvalue weighted by Crippen LogP contribution is 2.53. The van der Waals surface area contributed by atoms with E-state index >= 15 is 0 Å². The van der Waals surface area contributed by atoms with Gasteiger partial charge in [-0.1, -0.05) is 41.3 Å². The lowest BCUT2D eigenvalue weighted by Gasteiger charge is -2.29. The number of aromatic nitrogens is 2. The van der Waals surface area contributed by atoms with E-state index in [9.17, 15) is 27.6 Å². The Morgan fingerprint density at radius 2 is 1.81 bits per heavy atom. The topological polar surface area (TPSA) is 83.1 Å². The number of thiazole rings is 1. The number of amides is 2. The lowest BCUT2D eigenvalue weighted by Crippen LogP contribution is -2.33. The van der Waals surface area contributed by atoms with Gasteiger partial charge in [0.25, 0.3) is 0 Å². The molecule has 6 nitrogen and oxygen atoms in total. The summed E-state index contributed by atoms with van der Waals surface area (Å²) in [4.78, 5) is 46.3. The van der Waals surface area contributed by atoms with Crippen LogP contribution in [0.25, 0.3) is 0 Å². The third-order valence-electron chi connectivity index (χ3n) is 5.32. The second kappa shape index (κ2) is 7.06. The van der Waals surface area contributed by atoms with Gasteiger partial charge in [0.05, 0.1) is 22.2 Å². The van der Waals surface area contributed by atoms with E-state index in [1.54, 1.807) is 18.3 Å². The number of rotatable bonds is 2. The van der Waals surface area contributed by atoms with Crippen molar-refractivity contribution in [1.82, 2.24) is 9.97 Å². The van der Waals surface area contributed by atoms with Crippen LogP contribution in [0.1, 0.15) is 21.9 Å². The summed E-state index contributed by atoms with van der Waals surface area (Å²) >= 11 is 1.94. The van der Waals surface area contributed by atoms with Gasteiger partial charge in [-0.05, 0) is 23.8 Å². The van der Waals surface area contributed by atoms with E-state index in [2.05, 4.69) is 9.97 Å². The van der Waals surface area contributed by atoms with Crippen LogP contribution in [0.3, 0.4) is 0 Å². The second-order valence-electron chi connectivity index (χ2n) is 7.06. The maximum Gasteiger partial charge on any atom is 0.418 e. The van der Waals surface area contributed by atoms with Crippen LogP contribution in [-0.2, 0) is 15.8 Å². The van der Waals surface area contributed by atoms with Crippen LogP contribution in [-0.4, -0.2) is 27.0 Å². The maximum absolute atomic E-state index is 13.6. The summed E-state index contributed by atoms with van der Waals surface area (Å²) in [6.07, 6.45) is -1.65. The zero-order valence-corrected chi connectivity index (χ0v) is 17.1. The van der Waals surface area contributed by atoms with Gasteiger partial charge in [-0.15, -0.1) is 0 Å². The second-order valence-corrected chi connectivity index (χ2v) is 9.23. The molecule has 3 atom stereocenters. The van der Waals surface area contributed by atoms with Crippen LogP contribution in [0.2, 0.25) is 0 Å². The number of thioether (sulfide) groups is 1. The Morgan fingerprint density at radius 1 is 1.03 bits per heavy atom. The van der Waals surface area contributed by atoms with Gasteiger partial charge in [-0.25, -0.2) is 4.90 Å². The maximum atomic E-state index is 13.6. The third-order valence-corrected chi connectivity index (χ3v) is 7.72. The van der Waals surface area contributed by atoms with Crippen molar-refractivity contribution in [2.24, 2.45) is 5.92 Å². The van der Waals surface area contributed by atoms with Gasteiger partial charge >= 0.3 is 11.0 Å². The highest BCUT2D eigenvalue weighted by molar-refractivity contribution is 8.00. The predicted octanol–water partition coefficient (Wildman–Crippen LogP) is 3.65. The molecule has 2 aliphatic rings. The highest BCUT2D eigenvalue weighted by atomic mass is 32.2. The molecular formula is C20H12F3N3O3S2. The smallest absolute Gasteiger partial charge is 0.307 e. The molecule has 31 heavy (non-hydrogen) atoms. The SMILES string of the molecule is O=C1[C@H]2[C@H](c3cccnc3)c3sc(=O)[nH]c3S[C@H]2C(=O)N1c1ccccc1C(F)(F)F. The van der Waals surface area contributed by atoms with E-state index in [1.165, 1.54) is 18.3 Å². The average Bonchev–Trinajstić information content (AvgIpc) is 3.23. The summed E-state index contributed by atoms with van der Waals surface area (Å²) in [5, 5.41) is -0.506. The number of benzene rings is 1. The molecule has 0 saturated carbocycles. The van der Waals surface area contributed by atoms with E-state index in [1.807, 2.05) is 0 Å². The first kappa shape index (κ1) is 20.0. The number of imide groups is 1. The van der Waals surface area contributed by atoms with Gasteiger partial charge in [0.1, 0.15) is 5.25 Å². The number of carbonyl (C=O) groups excluding carboxylic acids is 2. The van der Waals surface area contributed by atoms with Gasteiger partial charge < -0.3 is 4.98 Å². The van der Waals surface area contributed by atoms with Crippen LogP contribution < -0.4 is 9.77 Å². The molecule has 0 spiro atoms. The summed E-state index contributed by atoms with van der Waals surface area (Å²) in [5.74, 6) is -3.08.